The Hall–Kier alpha value is -0.200. The lowest BCUT2D eigenvalue weighted by atomic mass is 10.2. The van der Waals surface area contributed by atoms with Gasteiger partial charge >= 0.3 is 0 Å². The quantitative estimate of drug-likeness (QED) is 0.574. The van der Waals surface area contributed by atoms with Crippen molar-refractivity contribution in [2.75, 3.05) is 59.8 Å². The highest BCUT2D eigenvalue weighted by Crippen LogP contribution is 2.05. The summed E-state index contributed by atoms with van der Waals surface area (Å²) in [6.45, 7) is 6.56. The summed E-state index contributed by atoms with van der Waals surface area (Å²) in [4.78, 5) is 0. The molecule has 1 rings (SSSR count). The molecule has 0 saturated carbocycles. The Labute approximate surface area is 104 Å². The molecule has 1 aliphatic heterocycles. The number of nitrogens with one attached hydrogen (secondary N) is 1. The molecule has 0 bridgehead atoms. The molecule has 0 amide bonds. The Balaban J connectivity index is 1.75. The summed E-state index contributed by atoms with van der Waals surface area (Å²) in [5.74, 6) is 0. The third-order valence-electron chi connectivity index (χ3n) is 2.74. The Morgan fingerprint density at radius 3 is 2.24 bits per heavy atom. The van der Waals surface area contributed by atoms with Crippen molar-refractivity contribution in [2.24, 2.45) is 0 Å². The van der Waals surface area contributed by atoms with Gasteiger partial charge < -0.3 is 14.2 Å². The van der Waals surface area contributed by atoms with Crippen LogP contribution in [0.15, 0.2) is 0 Å². The van der Waals surface area contributed by atoms with Gasteiger partial charge in [0.25, 0.3) is 0 Å². The van der Waals surface area contributed by atoms with E-state index in [1.54, 1.807) is 7.11 Å². The molecule has 1 N–H and O–H groups in total. The van der Waals surface area contributed by atoms with Crippen LogP contribution in [-0.4, -0.2) is 64.8 Å². The Morgan fingerprint density at radius 2 is 1.53 bits per heavy atom. The Morgan fingerprint density at radius 1 is 0.882 bits per heavy atom. The van der Waals surface area contributed by atoms with Crippen molar-refractivity contribution in [2.45, 2.75) is 19.3 Å². The van der Waals surface area contributed by atoms with E-state index in [4.69, 9.17) is 14.2 Å². The van der Waals surface area contributed by atoms with Crippen LogP contribution in [0.1, 0.15) is 19.3 Å². The zero-order valence-corrected chi connectivity index (χ0v) is 11.0. The Bertz CT molecular complexity index is 164. The molecular formula is C12H26N2O3. The minimum Gasteiger partial charge on any atom is -0.382 e. The van der Waals surface area contributed by atoms with Crippen LogP contribution in [0.25, 0.3) is 0 Å². The van der Waals surface area contributed by atoms with Crippen molar-refractivity contribution in [3.05, 3.63) is 0 Å². The van der Waals surface area contributed by atoms with Gasteiger partial charge in [-0.1, -0.05) is 6.42 Å². The van der Waals surface area contributed by atoms with Crippen LogP contribution < -0.4 is 5.43 Å². The zero-order chi connectivity index (χ0) is 12.2. The van der Waals surface area contributed by atoms with E-state index in [1.165, 1.54) is 32.4 Å². The van der Waals surface area contributed by atoms with Crippen LogP contribution >= 0.6 is 0 Å². The molecule has 0 radical (unpaired) electrons. The second-order valence-corrected chi connectivity index (χ2v) is 4.17. The highest BCUT2D eigenvalue weighted by Gasteiger charge is 2.08. The van der Waals surface area contributed by atoms with Gasteiger partial charge in [-0.15, -0.1) is 0 Å². The SMILES string of the molecule is COCCOCCOCCNN1CCCCC1. The van der Waals surface area contributed by atoms with Crippen LogP contribution in [0.2, 0.25) is 0 Å². The first-order valence-corrected chi connectivity index (χ1v) is 6.56. The van der Waals surface area contributed by atoms with Crippen molar-refractivity contribution in [1.29, 1.82) is 0 Å². The van der Waals surface area contributed by atoms with Gasteiger partial charge in [-0.2, -0.15) is 0 Å². The predicted octanol–water partition coefficient (Wildman–Crippen LogP) is 0.657. The molecule has 102 valence electrons. The van der Waals surface area contributed by atoms with Crippen molar-refractivity contribution in [3.63, 3.8) is 0 Å². The normalized spacial score (nSPS) is 17.5. The van der Waals surface area contributed by atoms with Gasteiger partial charge in [0.1, 0.15) is 0 Å². The molecule has 0 atom stereocenters. The number of ether oxygens (including phenoxy) is 3. The smallest absolute Gasteiger partial charge is 0.0701 e. The second kappa shape index (κ2) is 10.9. The first kappa shape index (κ1) is 14.9. The van der Waals surface area contributed by atoms with Crippen molar-refractivity contribution >= 4 is 0 Å². The summed E-state index contributed by atoms with van der Waals surface area (Å²) in [5.41, 5.74) is 3.38. The van der Waals surface area contributed by atoms with Crippen LogP contribution in [0.3, 0.4) is 0 Å². The van der Waals surface area contributed by atoms with Crippen LogP contribution in [0.5, 0.6) is 0 Å². The molecular weight excluding hydrogens is 220 g/mol. The van der Waals surface area contributed by atoms with Crippen molar-refractivity contribution in [3.8, 4) is 0 Å². The van der Waals surface area contributed by atoms with Crippen LogP contribution in [0.4, 0.5) is 0 Å². The largest absolute Gasteiger partial charge is 0.382 e. The monoisotopic (exact) mass is 246 g/mol. The van der Waals surface area contributed by atoms with Gasteiger partial charge in [0.2, 0.25) is 0 Å². The average molecular weight is 246 g/mol. The Kier molecular flexibility index (Phi) is 9.55. The van der Waals surface area contributed by atoms with Gasteiger partial charge in [0, 0.05) is 26.7 Å². The summed E-state index contributed by atoms with van der Waals surface area (Å²) >= 11 is 0. The molecule has 1 saturated heterocycles. The maximum Gasteiger partial charge on any atom is 0.0701 e. The molecule has 0 aromatic carbocycles. The number of hydrogen-bond donors (Lipinski definition) is 1. The number of nitrogens with zero attached hydrogens (tertiary/aromatic N) is 1. The van der Waals surface area contributed by atoms with E-state index in [-0.39, 0.29) is 0 Å². The lowest BCUT2D eigenvalue weighted by molar-refractivity contribution is 0.0210. The third-order valence-corrected chi connectivity index (χ3v) is 2.74. The number of hydrazine groups is 1. The highest BCUT2D eigenvalue weighted by molar-refractivity contribution is 4.60. The van der Waals surface area contributed by atoms with Gasteiger partial charge in [-0.25, -0.2) is 5.01 Å². The number of piperidine rings is 1. The summed E-state index contributed by atoms with van der Waals surface area (Å²) < 4.78 is 15.6. The fourth-order valence-electron chi connectivity index (χ4n) is 1.79. The molecule has 17 heavy (non-hydrogen) atoms. The van der Waals surface area contributed by atoms with E-state index in [0.29, 0.717) is 26.4 Å². The molecule has 0 spiro atoms. The maximum absolute atomic E-state index is 5.45. The third kappa shape index (κ3) is 8.51. The molecule has 1 aliphatic rings. The number of methoxy groups -OCH3 is 1. The van der Waals surface area contributed by atoms with E-state index in [0.717, 1.165) is 13.2 Å². The summed E-state index contributed by atoms with van der Waals surface area (Å²) in [5, 5.41) is 2.29. The van der Waals surface area contributed by atoms with E-state index in [9.17, 15) is 0 Å². The molecule has 0 unspecified atom stereocenters. The summed E-state index contributed by atoms with van der Waals surface area (Å²) in [6, 6.07) is 0. The molecule has 1 heterocycles. The van der Waals surface area contributed by atoms with E-state index < -0.39 is 0 Å². The topological polar surface area (TPSA) is 43.0 Å². The first-order chi connectivity index (χ1) is 8.43. The highest BCUT2D eigenvalue weighted by atomic mass is 16.5. The molecule has 0 aliphatic carbocycles. The van der Waals surface area contributed by atoms with Gasteiger partial charge in [0.05, 0.1) is 33.0 Å². The van der Waals surface area contributed by atoms with Gasteiger partial charge in [0.15, 0.2) is 0 Å². The van der Waals surface area contributed by atoms with Crippen LogP contribution in [-0.2, 0) is 14.2 Å². The van der Waals surface area contributed by atoms with Gasteiger partial charge in [-0.05, 0) is 12.8 Å². The summed E-state index contributed by atoms with van der Waals surface area (Å²) in [7, 11) is 1.67. The second-order valence-electron chi connectivity index (χ2n) is 4.17. The van der Waals surface area contributed by atoms with Crippen LogP contribution in [0, 0.1) is 0 Å². The van der Waals surface area contributed by atoms with E-state index >= 15 is 0 Å². The molecule has 5 nitrogen and oxygen atoms in total. The first-order valence-electron chi connectivity index (χ1n) is 6.56. The van der Waals surface area contributed by atoms with Crippen molar-refractivity contribution < 1.29 is 14.2 Å². The minimum atomic E-state index is 0.645. The molecule has 5 heteroatoms. The number of rotatable bonds is 10. The van der Waals surface area contributed by atoms with E-state index in [2.05, 4.69) is 10.4 Å². The van der Waals surface area contributed by atoms with Gasteiger partial charge in [-0.3, -0.25) is 5.43 Å². The lowest BCUT2D eigenvalue weighted by Crippen LogP contribution is -2.43. The fourth-order valence-corrected chi connectivity index (χ4v) is 1.79. The zero-order valence-electron chi connectivity index (χ0n) is 11.0. The molecule has 0 aromatic rings. The predicted molar refractivity (Wildman–Crippen MR) is 66.9 cm³/mol. The standard InChI is InChI=1S/C12H26N2O3/c1-15-9-10-17-12-11-16-8-5-13-14-6-3-2-4-7-14/h13H,2-12H2,1H3. The van der Waals surface area contributed by atoms with Crippen molar-refractivity contribution in [1.82, 2.24) is 10.4 Å². The average Bonchev–Trinajstić information content (AvgIpc) is 2.38. The number of hydrogen-bond acceptors (Lipinski definition) is 5. The van der Waals surface area contributed by atoms with E-state index in [1.807, 2.05) is 0 Å². The maximum atomic E-state index is 5.45. The minimum absolute atomic E-state index is 0.645. The molecule has 1 fully saturated rings. The summed E-state index contributed by atoms with van der Waals surface area (Å²) in [6.07, 6.45) is 3.98. The fraction of sp³-hybridized carbons (Fsp3) is 1.00. The molecule has 0 aromatic heterocycles. The lowest BCUT2D eigenvalue weighted by Gasteiger charge is -2.26.